The standard InChI is InChI=1S/C9H17N3O/c10-9(11-13)12-5-7-3-1-2-4-8(7)6-12/h7-8,13H,1-6H2,(H2,10,11)/t7-,8+. The van der Waals surface area contributed by atoms with Crippen LogP contribution >= 0.6 is 0 Å². The van der Waals surface area contributed by atoms with Crippen molar-refractivity contribution in [2.24, 2.45) is 22.7 Å². The Morgan fingerprint density at radius 2 is 1.77 bits per heavy atom. The van der Waals surface area contributed by atoms with Crippen molar-refractivity contribution in [3.63, 3.8) is 0 Å². The van der Waals surface area contributed by atoms with Gasteiger partial charge in [0.1, 0.15) is 0 Å². The molecule has 13 heavy (non-hydrogen) atoms. The Labute approximate surface area is 78.4 Å². The molecule has 4 heteroatoms. The molecule has 0 aromatic heterocycles. The van der Waals surface area contributed by atoms with Crippen molar-refractivity contribution in [2.75, 3.05) is 13.1 Å². The third-order valence-corrected chi connectivity index (χ3v) is 3.40. The predicted molar refractivity (Wildman–Crippen MR) is 50.4 cm³/mol. The van der Waals surface area contributed by atoms with Crippen LogP contribution in [0.1, 0.15) is 25.7 Å². The van der Waals surface area contributed by atoms with Crippen LogP contribution < -0.4 is 5.73 Å². The summed E-state index contributed by atoms with van der Waals surface area (Å²) in [5.41, 5.74) is 5.56. The van der Waals surface area contributed by atoms with E-state index in [-0.39, 0.29) is 5.96 Å². The number of nitrogens with two attached hydrogens (primary N) is 1. The minimum absolute atomic E-state index is 0.286. The lowest BCUT2D eigenvalue weighted by molar-refractivity contribution is 0.299. The van der Waals surface area contributed by atoms with E-state index in [0.717, 1.165) is 24.9 Å². The van der Waals surface area contributed by atoms with Gasteiger partial charge < -0.3 is 15.8 Å². The van der Waals surface area contributed by atoms with E-state index in [1.807, 2.05) is 4.90 Å². The molecule has 74 valence electrons. The van der Waals surface area contributed by atoms with Gasteiger partial charge in [-0.3, -0.25) is 0 Å². The van der Waals surface area contributed by atoms with E-state index >= 15 is 0 Å². The molecule has 1 aliphatic heterocycles. The molecule has 1 aliphatic carbocycles. The minimum Gasteiger partial charge on any atom is -0.408 e. The number of rotatable bonds is 0. The van der Waals surface area contributed by atoms with E-state index in [2.05, 4.69) is 5.16 Å². The average Bonchev–Trinajstić information content (AvgIpc) is 2.59. The fourth-order valence-electron chi connectivity index (χ4n) is 2.66. The van der Waals surface area contributed by atoms with Crippen LogP contribution in [0.5, 0.6) is 0 Å². The maximum atomic E-state index is 8.55. The van der Waals surface area contributed by atoms with E-state index < -0.39 is 0 Å². The maximum absolute atomic E-state index is 8.55. The monoisotopic (exact) mass is 183 g/mol. The second-order valence-electron chi connectivity index (χ2n) is 4.17. The molecule has 1 heterocycles. The first kappa shape index (κ1) is 8.66. The summed E-state index contributed by atoms with van der Waals surface area (Å²) in [6.07, 6.45) is 5.34. The minimum atomic E-state index is 0.286. The summed E-state index contributed by atoms with van der Waals surface area (Å²) >= 11 is 0. The van der Waals surface area contributed by atoms with Crippen molar-refractivity contribution in [1.82, 2.24) is 4.90 Å². The first-order chi connectivity index (χ1) is 6.31. The van der Waals surface area contributed by atoms with Gasteiger partial charge in [0.05, 0.1) is 0 Å². The summed E-state index contributed by atoms with van der Waals surface area (Å²) in [5, 5.41) is 11.6. The lowest BCUT2D eigenvalue weighted by Crippen LogP contribution is -2.35. The van der Waals surface area contributed by atoms with Gasteiger partial charge in [-0.15, -0.1) is 0 Å². The van der Waals surface area contributed by atoms with E-state index in [1.54, 1.807) is 0 Å². The number of oxime groups is 1. The Bertz CT molecular complexity index is 203. The molecule has 4 nitrogen and oxygen atoms in total. The fraction of sp³-hybridized carbons (Fsp3) is 0.889. The Hall–Kier alpha value is -0.930. The highest BCUT2D eigenvalue weighted by atomic mass is 16.4. The van der Waals surface area contributed by atoms with Gasteiger partial charge in [0.25, 0.3) is 0 Å². The molecule has 2 rings (SSSR count). The van der Waals surface area contributed by atoms with Gasteiger partial charge >= 0.3 is 0 Å². The summed E-state index contributed by atoms with van der Waals surface area (Å²) in [5.74, 6) is 1.86. The Kier molecular flexibility index (Phi) is 2.29. The second kappa shape index (κ2) is 3.44. The van der Waals surface area contributed by atoms with Crippen LogP contribution in [-0.4, -0.2) is 29.2 Å². The Morgan fingerprint density at radius 1 is 1.23 bits per heavy atom. The topological polar surface area (TPSA) is 61.9 Å². The fourth-order valence-corrected chi connectivity index (χ4v) is 2.66. The molecule has 0 radical (unpaired) electrons. The molecule has 0 unspecified atom stereocenters. The molecule has 0 amide bonds. The van der Waals surface area contributed by atoms with Gasteiger partial charge in [-0.05, 0) is 24.7 Å². The van der Waals surface area contributed by atoms with Gasteiger partial charge in [0.2, 0.25) is 5.96 Å². The number of hydrogen-bond donors (Lipinski definition) is 2. The summed E-state index contributed by atoms with van der Waals surface area (Å²) in [7, 11) is 0. The largest absolute Gasteiger partial charge is 0.408 e. The van der Waals surface area contributed by atoms with Gasteiger partial charge in [-0.2, -0.15) is 0 Å². The number of likely N-dealkylation sites (tertiary alicyclic amines) is 1. The van der Waals surface area contributed by atoms with Crippen LogP contribution in [0.2, 0.25) is 0 Å². The van der Waals surface area contributed by atoms with Crippen molar-refractivity contribution < 1.29 is 5.21 Å². The SMILES string of the molecule is N/C(=N\O)N1C[C@H]2CCCC[C@H]2C1. The summed E-state index contributed by atoms with van der Waals surface area (Å²) in [6, 6.07) is 0. The first-order valence-electron chi connectivity index (χ1n) is 5.03. The molecule has 1 saturated heterocycles. The molecular formula is C9H17N3O. The molecule has 3 N–H and O–H groups in total. The van der Waals surface area contributed by atoms with Crippen LogP contribution in [0, 0.1) is 11.8 Å². The van der Waals surface area contributed by atoms with E-state index in [9.17, 15) is 0 Å². The van der Waals surface area contributed by atoms with E-state index in [1.165, 1.54) is 25.7 Å². The van der Waals surface area contributed by atoms with Crippen molar-refractivity contribution in [1.29, 1.82) is 0 Å². The highest BCUT2D eigenvalue weighted by Crippen LogP contribution is 2.35. The van der Waals surface area contributed by atoms with Gasteiger partial charge in [-0.1, -0.05) is 18.0 Å². The lowest BCUT2D eigenvalue weighted by Gasteiger charge is -2.22. The molecular weight excluding hydrogens is 166 g/mol. The zero-order chi connectivity index (χ0) is 9.26. The van der Waals surface area contributed by atoms with Crippen molar-refractivity contribution >= 4 is 5.96 Å². The normalized spacial score (nSPS) is 34.8. The zero-order valence-corrected chi connectivity index (χ0v) is 7.82. The number of hydrogen-bond acceptors (Lipinski definition) is 2. The van der Waals surface area contributed by atoms with Crippen LogP contribution in [0.15, 0.2) is 5.16 Å². The van der Waals surface area contributed by atoms with Crippen molar-refractivity contribution in [3.05, 3.63) is 0 Å². The number of nitrogens with zero attached hydrogens (tertiary/aromatic N) is 2. The molecule has 0 aromatic rings. The van der Waals surface area contributed by atoms with Crippen LogP contribution in [0.25, 0.3) is 0 Å². The highest BCUT2D eigenvalue weighted by molar-refractivity contribution is 5.77. The van der Waals surface area contributed by atoms with Crippen LogP contribution in [-0.2, 0) is 0 Å². The zero-order valence-electron chi connectivity index (χ0n) is 7.82. The third kappa shape index (κ3) is 1.57. The molecule has 0 spiro atoms. The molecule has 2 fully saturated rings. The Balaban J connectivity index is 1.98. The smallest absolute Gasteiger partial charge is 0.233 e. The quantitative estimate of drug-likeness (QED) is 0.253. The van der Waals surface area contributed by atoms with E-state index in [0.29, 0.717) is 0 Å². The molecule has 2 atom stereocenters. The molecule has 2 aliphatic rings. The lowest BCUT2D eigenvalue weighted by atomic mass is 9.82. The van der Waals surface area contributed by atoms with E-state index in [4.69, 9.17) is 10.9 Å². The summed E-state index contributed by atoms with van der Waals surface area (Å²) in [4.78, 5) is 2.00. The van der Waals surface area contributed by atoms with Crippen LogP contribution in [0.4, 0.5) is 0 Å². The maximum Gasteiger partial charge on any atom is 0.233 e. The Morgan fingerprint density at radius 3 is 2.23 bits per heavy atom. The summed E-state index contributed by atoms with van der Waals surface area (Å²) < 4.78 is 0. The number of guanidine groups is 1. The van der Waals surface area contributed by atoms with Gasteiger partial charge in [0.15, 0.2) is 0 Å². The summed E-state index contributed by atoms with van der Waals surface area (Å²) in [6.45, 7) is 1.97. The third-order valence-electron chi connectivity index (χ3n) is 3.40. The average molecular weight is 183 g/mol. The van der Waals surface area contributed by atoms with Gasteiger partial charge in [0, 0.05) is 13.1 Å². The molecule has 0 bridgehead atoms. The predicted octanol–water partition coefficient (Wildman–Crippen LogP) is 0.812. The molecule has 0 aromatic carbocycles. The number of fused-ring (bicyclic) bond motifs is 1. The molecule has 1 saturated carbocycles. The van der Waals surface area contributed by atoms with Gasteiger partial charge in [-0.25, -0.2) is 0 Å². The van der Waals surface area contributed by atoms with Crippen molar-refractivity contribution in [3.8, 4) is 0 Å². The second-order valence-corrected chi connectivity index (χ2v) is 4.17. The van der Waals surface area contributed by atoms with Crippen molar-refractivity contribution in [2.45, 2.75) is 25.7 Å². The van der Waals surface area contributed by atoms with Crippen LogP contribution in [0.3, 0.4) is 0 Å². The first-order valence-corrected chi connectivity index (χ1v) is 5.03. The highest BCUT2D eigenvalue weighted by Gasteiger charge is 2.35.